The molecule has 0 unspecified atom stereocenters. The summed E-state index contributed by atoms with van der Waals surface area (Å²) in [5.41, 5.74) is 3.02. The molecule has 0 aliphatic carbocycles. The van der Waals surface area contributed by atoms with Gasteiger partial charge >= 0.3 is 0 Å². The van der Waals surface area contributed by atoms with E-state index in [-0.39, 0.29) is 0 Å². The van der Waals surface area contributed by atoms with Crippen LogP contribution in [0.3, 0.4) is 0 Å². The first-order valence-corrected chi connectivity index (χ1v) is 7.61. The zero-order valence-electron chi connectivity index (χ0n) is 10.6. The van der Waals surface area contributed by atoms with Crippen molar-refractivity contribution in [2.75, 3.05) is 13.1 Å². The van der Waals surface area contributed by atoms with Gasteiger partial charge in [-0.05, 0) is 48.4 Å². The van der Waals surface area contributed by atoms with Crippen molar-refractivity contribution in [3.63, 3.8) is 0 Å². The maximum atomic E-state index is 2.60. The smallest absolute Gasteiger partial charge is 0.0244 e. The standard InChI is InChI=1S/C16H19NS/c1-2-5-14(6-3-1)7-4-10-17-11-8-16-15(13-17)9-12-18-16/h1-3,5-6,9,12H,4,7-8,10-11,13H2. The number of aryl methyl sites for hydroxylation is 1. The van der Waals surface area contributed by atoms with Crippen molar-refractivity contribution in [3.05, 3.63) is 57.8 Å². The number of hydrogen-bond acceptors (Lipinski definition) is 2. The second kappa shape index (κ2) is 5.68. The summed E-state index contributed by atoms with van der Waals surface area (Å²) in [5.74, 6) is 0. The van der Waals surface area contributed by atoms with E-state index in [1.165, 1.54) is 37.9 Å². The summed E-state index contributed by atoms with van der Waals surface area (Å²) < 4.78 is 0. The van der Waals surface area contributed by atoms with Gasteiger partial charge in [-0.25, -0.2) is 0 Å². The molecule has 0 saturated carbocycles. The van der Waals surface area contributed by atoms with Crippen LogP contribution in [0.1, 0.15) is 22.4 Å². The van der Waals surface area contributed by atoms with Crippen LogP contribution in [0, 0.1) is 0 Å². The largest absolute Gasteiger partial charge is 0.299 e. The molecule has 3 rings (SSSR count). The zero-order valence-corrected chi connectivity index (χ0v) is 11.5. The lowest BCUT2D eigenvalue weighted by Gasteiger charge is -2.26. The molecule has 18 heavy (non-hydrogen) atoms. The molecule has 1 aromatic carbocycles. The first kappa shape index (κ1) is 11.9. The van der Waals surface area contributed by atoms with Gasteiger partial charge in [-0.3, -0.25) is 4.90 Å². The molecule has 1 nitrogen and oxygen atoms in total. The van der Waals surface area contributed by atoms with E-state index in [1.54, 1.807) is 10.4 Å². The Hall–Kier alpha value is -1.12. The maximum absolute atomic E-state index is 2.60. The third-order valence-electron chi connectivity index (χ3n) is 3.67. The van der Waals surface area contributed by atoms with Gasteiger partial charge in [0.15, 0.2) is 0 Å². The lowest BCUT2D eigenvalue weighted by Crippen LogP contribution is -2.30. The molecule has 1 aromatic heterocycles. The van der Waals surface area contributed by atoms with Crippen molar-refractivity contribution in [1.29, 1.82) is 0 Å². The Morgan fingerprint density at radius 2 is 2.00 bits per heavy atom. The van der Waals surface area contributed by atoms with Gasteiger partial charge in [0.05, 0.1) is 0 Å². The molecule has 2 aromatic rings. The van der Waals surface area contributed by atoms with Crippen LogP contribution >= 0.6 is 11.3 Å². The minimum Gasteiger partial charge on any atom is -0.299 e. The fraction of sp³-hybridized carbons (Fsp3) is 0.375. The lowest BCUT2D eigenvalue weighted by atomic mass is 10.1. The maximum Gasteiger partial charge on any atom is 0.0244 e. The van der Waals surface area contributed by atoms with Crippen LogP contribution in [-0.2, 0) is 19.4 Å². The molecule has 0 fully saturated rings. The summed E-state index contributed by atoms with van der Waals surface area (Å²) in [4.78, 5) is 4.20. The molecule has 0 bridgehead atoms. The van der Waals surface area contributed by atoms with Crippen molar-refractivity contribution in [1.82, 2.24) is 4.90 Å². The number of hydrogen-bond donors (Lipinski definition) is 0. The number of fused-ring (bicyclic) bond motifs is 1. The quantitative estimate of drug-likeness (QED) is 0.806. The monoisotopic (exact) mass is 257 g/mol. The van der Waals surface area contributed by atoms with Crippen LogP contribution in [0.15, 0.2) is 41.8 Å². The Bertz CT molecular complexity index is 489. The van der Waals surface area contributed by atoms with Crippen molar-refractivity contribution in [2.45, 2.75) is 25.8 Å². The summed E-state index contributed by atoms with van der Waals surface area (Å²) in [7, 11) is 0. The first-order valence-electron chi connectivity index (χ1n) is 6.73. The first-order chi connectivity index (χ1) is 8.92. The molecule has 2 heteroatoms. The molecule has 0 radical (unpaired) electrons. The predicted molar refractivity (Wildman–Crippen MR) is 78.1 cm³/mol. The van der Waals surface area contributed by atoms with Crippen molar-refractivity contribution < 1.29 is 0 Å². The highest BCUT2D eigenvalue weighted by Gasteiger charge is 2.16. The van der Waals surface area contributed by atoms with Crippen LogP contribution in [0.25, 0.3) is 0 Å². The van der Waals surface area contributed by atoms with Crippen LogP contribution in [0.2, 0.25) is 0 Å². The lowest BCUT2D eigenvalue weighted by molar-refractivity contribution is 0.253. The van der Waals surface area contributed by atoms with Gasteiger partial charge in [0.25, 0.3) is 0 Å². The average Bonchev–Trinajstić information content (AvgIpc) is 2.87. The Balaban J connectivity index is 1.48. The SMILES string of the molecule is c1ccc(CCCN2CCc3sccc3C2)cc1. The summed E-state index contributed by atoms with van der Waals surface area (Å²) in [6.45, 7) is 3.63. The molecule has 0 spiro atoms. The molecular formula is C16H19NS. The van der Waals surface area contributed by atoms with Crippen molar-refractivity contribution in [2.24, 2.45) is 0 Å². The van der Waals surface area contributed by atoms with E-state index in [4.69, 9.17) is 0 Å². The summed E-state index contributed by atoms with van der Waals surface area (Å²) in [6.07, 6.45) is 3.72. The van der Waals surface area contributed by atoms with Gasteiger partial charge in [0.1, 0.15) is 0 Å². The molecular weight excluding hydrogens is 238 g/mol. The molecule has 1 aliphatic rings. The Kier molecular flexibility index (Phi) is 3.77. The summed E-state index contributed by atoms with van der Waals surface area (Å²) in [5, 5.41) is 2.23. The summed E-state index contributed by atoms with van der Waals surface area (Å²) >= 11 is 1.92. The highest BCUT2D eigenvalue weighted by molar-refractivity contribution is 7.10. The second-order valence-corrected chi connectivity index (χ2v) is 5.98. The van der Waals surface area contributed by atoms with E-state index in [0.717, 1.165) is 6.54 Å². The third-order valence-corrected chi connectivity index (χ3v) is 4.69. The Morgan fingerprint density at radius 1 is 1.11 bits per heavy atom. The third kappa shape index (κ3) is 2.82. The van der Waals surface area contributed by atoms with Crippen molar-refractivity contribution >= 4 is 11.3 Å². The molecule has 1 aliphatic heterocycles. The predicted octanol–water partition coefficient (Wildman–Crippen LogP) is 3.74. The van der Waals surface area contributed by atoms with Gasteiger partial charge in [0.2, 0.25) is 0 Å². The Morgan fingerprint density at radius 3 is 2.89 bits per heavy atom. The van der Waals surface area contributed by atoms with Crippen molar-refractivity contribution in [3.8, 4) is 0 Å². The molecule has 0 saturated heterocycles. The van der Waals surface area contributed by atoms with Gasteiger partial charge in [0, 0.05) is 18.0 Å². The van der Waals surface area contributed by atoms with Crippen LogP contribution in [-0.4, -0.2) is 18.0 Å². The van der Waals surface area contributed by atoms with Crippen LogP contribution < -0.4 is 0 Å². The van der Waals surface area contributed by atoms with E-state index in [1.807, 2.05) is 11.3 Å². The highest BCUT2D eigenvalue weighted by Crippen LogP contribution is 2.24. The molecule has 0 atom stereocenters. The average molecular weight is 257 g/mol. The van der Waals surface area contributed by atoms with E-state index >= 15 is 0 Å². The van der Waals surface area contributed by atoms with Gasteiger partial charge in [-0.2, -0.15) is 0 Å². The minimum atomic E-state index is 1.16. The fourth-order valence-corrected chi connectivity index (χ4v) is 3.54. The number of benzene rings is 1. The number of thiophene rings is 1. The van der Waals surface area contributed by atoms with E-state index in [0.29, 0.717) is 0 Å². The van der Waals surface area contributed by atoms with Crippen LogP contribution in [0.5, 0.6) is 0 Å². The minimum absolute atomic E-state index is 1.16. The molecule has 0 N–H and O–H groups in total. The number of nitrogens with zero attached hydrogens (tertiary/aromatic N) is 1. The van der Waals surface area contributed by atoms with Gasteiger partial charge in [-0.1, -0.05) is 30.3 Å². The molecule has 0 amide bonds. The topological polar surface area (TPSA) is 3.24 Å². The Labute approximate surface area is 113 Å². The second-order valence-electron chi connectivity index (χ2n) is 4.98. The zero-order chi connectivity index (χ0) is 12.2. The highest BCUT2D eigenvalue weighted by atomic mass is 32.1. The van der Waals surface area contributed by atoms with E-state index in [9.17, 15) is 0 Å². The van der Waals surface area contributed by atoms with E-state index in [2.05, 4.69) is 46.7 Å². The molecule has 2 heterocycles. The summed E-state index contributed by atoms with van der Waals surface area (Å²) in [6, 6.07) is 13.1. The van der Waals surface area contributed by atoms with Gasteiger partial charge < -0.3 is 0 Å². The molecule has 94 valence electrons. The fourth-order valence-electron chi connectivity index (χ4n) is 2.65. The van der Waals surface area contributed by atoms with Gasteiger partial charge in [-0.15, -0.1) is 11.3 Å². The normalized spacial score (nSPS) is 15.6. The van der Waals surface area contributed by atoms with E-state index < -0.39 is 0 Å². The van der Waals surface area contributed by atoms with Crippen LogP contribution in [0.4, 0.5) is 0 Å². The number of rotatable bonds is 4.